The van der Waals surface area contributed by atoms with Gasteiger partial charge in [-0.1, -0.05) is 222 Å². The van der Waals surface area contributed by atoms with Gasteiger partial charge in [0.05, 0.1) is 25.4 Å². The van der Waals surface area contributed by atoms with Crippen LogP contribution in [0, 0.1) is 0 Å². The molecule has 1 aliphatic rings. The zero-order valence-electron chi connectivity index (χ0n) is 40.8. The third-order valence-electron chi connectivity index (χ3n) is 12.0. The van der Waals surface area contributed by atoms with Gasteiger partial charge in [-0.25, -0.2) is 0 Å². The molecule has 370 valence electrons. The number of rotatable bonds is 43. The van der Waals surface area contributed by atoms with Crippen LogP contribution in [-0.4, -0.2) is 87.5 Å². The highest BCUT2D eigenvalue weighted by Crippen LogP contribution is 2.23. The summed E-state index contributed by atoms with van der Waals surface area (Å²) in [6.45, 7) is 3.50. The molecule has 0 aliphatic carbocycles. The Morgan fingerprint density at radius 2 is 0.969 bits per heavy atom. The average Bonchev–Trinajstić information content (AvgIpc) is 3.29. The molecule has 1 rings (SSSR count). The molecule has 0 spiro atoms. The first-order chi connectivity index (χ1) is 31.3. The molecule has 7 atom stereocenters. The van der Waals surface area contributed by atoms with Crippen LogP contribution in [-0.2, 0) is 14.3 Å². The zero-order chi connectivity index (χ0) is 46.6. The number of hydrogen-bond acceptors (Lipinski definition) is 8. The number of allylic oxidation sites excluding steroid dienone is 11. The summed E-state index contributed by atoms with van der Waals surface area (Å²) in [7, 11) is 0. The lowest BCUT2D eigenvalue weighted by molar-refractivity contribution is -0.302. The van der Waals surface area contributed by atoms with E-state index >= 15 is 0 Å². The smallest absolute Gasteiger partial charge is 0.220 e. The Bertz CT molecular complexity index is 1230. The molecule has 6 N–H and O–H groups in total. The van der Waals surface area contributed by atoms with Gasteiger partial charge in [0.1, 0.15) is 24.4 Å². The summed E-state index contributed by atoms with van der Waals surface area (Å²) in [5, 5.41) is 53.6. The van der Waals surface area contributed by atoms with Crippen LogP contribution >= 0.6 is 0 Å². The van der Waals surface area contributed by atoms with E-state index in [0.29, 0.717) is 6.42 Å². The largest absolute Gasteiger partial charge is 0.394 e. The second-order valence-electron chi connectivity index (χ2n) is 17.9. The Labute approximate surface area is 391 Å². The van der Waals surface area contributed by atoms with Gasteiger partial charge < -0.3 is 40.3 Å². The monoisotopic (exact) mass is 900 g/mol. The van der Waals surface area contributed by atoms with Crippen molar-refractivity contribution in [1.29, 1.82) is 0 Å². The maximum atomic E-state index is 12.8. The summed E-state index contributed by atoms with van der Waals surface area (Å²) in [6, 6.07) is -0.800. The van der Waals surface area contributed by atoms with Crippen LogP contribution in [0.3, 0.4) is 0 Å². The number of hydrogen-bond donors (Lipinski definition) is 6. The minimum Gasteiger partial charge on any atom is -0.394 e. The Morgan fingerprint density at radius 3 is 1.42 bits per heavy atom. The quantitative estimate of drug-likeness (QED) is 0.0262. The zero-order valence-corrected chi connectivity index (χ0v) is 40.8. The van der Waals surface area contributed by atoms with Crippen LogP contribution in [0.25, 0.3) is 0 Å². The fourth-order valence-corrected chi connectivity index (χ4v) is 7.88. The molecule has 1 heterocycles. The van der Waals surface area contributed by atoms with Gasteiger partial charge in [0.25, 0.3) is 0 Å². The fraction of sp³-hybridized carbons (Fsp3) is 0.764. The topological polar surface area (TPSA) is 149 Å². The van der Waals surface area contributed by atoms with E-state index in [1.807, 2.05) is 6.08 Å². The third kappa shape index (κ3) is 34.0. The second kappa shape index (κ2) is 44.5. The summed E-state index contributed by atoms with van der Waals surface area (Å²) in [4.78, 5) is 12.8. The first-order valence-electron chi connectivity index (χ1n) is 26.2. The van der Waals surface area contributed by atoms with E-state index in [4.69, 9.17) is 9.47 Å². The molecule has 1 aliphatic heterocycles. The molecular weight excluding hydrogens is 803 g/mol. The predicted molar refractivity (Wildman–Crippen MR) is 267 cm³/mol. The molecule has 0 aromatic heterocycles. The summed E-state index contributed by atoms with van der Waals surface area (Å²) < 4.78 is 11.1. The van der Waals surface area contributed by atoms with Crippen LogP contribution in [0.5, 0.6) is 0 Å². The van der Waals surface area contributed by atoms with Crippen LogP contribution in [0.2, 0.25) is 0 Å². The lowest BCUT2D eigenvalue weighted by Gasteiger charge is -2.40. The van der Waals surface area contributed by atoms with E-state index in [-0.39, 0.29) is 12.5 Å². The molecule has 9 nitrogen and oxygen atoms in total. The molecule has 64 heavy (non-hydrogen) atoms. The Morgan fingerprint density at radius 1 is 0.547 bits per heavy atom. The number of unbranched alkanes of at least 4 members (excludes halogenated alkanes) is 23. The highest BCUT2D eigenvalue weighted by atomic mass is 16.7. The van der Waals surface area contributed by atoms with E-state index in [2.05, 4.69) is 79.9 Å². The van der Waals surface area contributed by atoms with E-state index in [1.54, 1.807) is 6.08 Å². The minimum atomic E-state index is -1.56. The number of amides is 1. The fourth-order valence-electron chi connectivity index (χ4n) is 7.88. The highest BCUT2D eigenvalue weighted by Gasteiger charge is 2.44. The van der Waals surface area contributed by atoms with Crippen LogP contribution in [0.15, 0.2) is 72.9 Å². The SMILES string of the molecule is CC/C=C\C/C=C\C/C=C\C/C=C\C/C=C\CCCCCCCCCCCCCCCCCCCCCCCC(=O)NC(COC1OC(CO)C(O)C(O)C1O)C(O)/C=C/CCCC. The van der Waals surface area contributed by atoms with Crippen molar-refractivity contribution in [2.45, 2.75) is 256 Å². The second-order valence-corrected chi connectivity index (χ2v) is 17.9. The first kappa shape index (κ1) is 59.6. The van der Waals surface area contributed by atoms with Gasteiger partial charge in [0.2, 0.25) is 5.91 Å². The Balaban J connectivity index is 1.96. The van der Waals surface area contributed by atoms with Crippen molar-refractivity contribution in [2.24, 2.45) is 0 Å². The molecule has 0 saturated carbocycles. The molecule has 0 bridgehead atoms. The van der Waals surface area contributed by atoms with Crippen molar-refractivity contribution in [2.75, 3.05) is 13.2 Å². The summed E-state index contributed by atoms with van der Waals surface area (Å²) in [5.41, 5.74) is 0. The summed E-state index contributed by atoms with van der Waals surface area (Å²) in [6.07, 6.45) is 54.9. The van der Waals surface area contributed by atoms with Gasteiger partial charge >= 0.3 is 0 Å². The lowest BCUT2D eigenvalue weighted by atomic mass is 9.99. The number of aliphatic hydroxyl groups excluding tert-OH is 5. The summed E-state index contributed by atoms with van der Waals surface area (Å²) >= 11 is 0. The average molecular weight is 900 g/mol. The molecule has 1 fully saturated rings. The van der Waals surface area contributed by atoms with Gasteiger partial charge in [-0.15, -0.1) is 0 Å². The van der Waals surface area contributed by atoms with Gasteiger partial charge in [-0.2, -0.15) is 0 Å². The normalized spacial score (nSPS) is 20.6. The predicted octanol–water partition coefficient (Wildman–Crippen LogP) is 12.1. The van der Waals surface area contributed by atoms with E-state index in [0.717, 1.165) is 70.6 Å². The number of nitrogens with one attached hydrogen (secondary N) is 1. The Kier molecular flexibility index (Phi) is 41.4. The highest BCUT2D eigenvalue weighted by molar-refractivity contribution is 5.76. The third-order valence-corrected chi connectivity index (χ3v) is 12.0. The number of ether oxygens (including phenoxy) is 2. The number of carbonyl (C=O) groups is 1. The molecule has 1 saturated heterocycles. The molecule has 7 unspecified atom stereocenters. The standard InChI is InChI=1S/C55H97NO8/c1-3-5-7-9-10-11-12-13-14-15-16-17-18-19-20-21-22-23-24-25-26-27-28-29-30-31-32-33-34-35-36-37-38-39-40-41-43-45-51(59)56-48(49(58)44-42-8-6-4-2)47-63-55-54(62)53(61)52(60)50(46-57)64-55/h5,7,10-11,13-14,16-17,19-20,42,44,48-50,52-55,57-58,60-62H,3-4,6,8-9,12,15,18,21-41,43,45-47H2,1-2H3,(H,56,59)/b7-5-,11-10-,14-13-,17-16-,20-19-,44-42+. The molecular formula is C55H97NO8. The summed E-state index contributed by atoms with van der Waals surface area (Å²) in [5.74, 6) is -0.186. The van der Waals surface area contributed by atoms with Gasteiger partial charge in [-0.3, -0.25) is 4.79 Å². The number of carbonyl (C=O) groups excluding carboxylic acids is 1. The van der Waals surface area contributed by atoms with E-state index < -0.39 is 49.5 Å². The van der Waals surface area contributed by atoms with Crippen molar-refractivity contribution in [1.82, 2.24) is 5.32 Å². The molecule has 0 radical (unpaired) electrons. The van der Waals surface area contributed by atoms with Crippen LogP contribution in [0.4, 0.5) is 0 Å². The molecule has 0 aromatic rings. The maximum Gasteiger partial charge on any atom is 0.220 e. The van der Waals surface area contributed by atoms with Crippen LogP contribution < -0.4 is 5.32 Å². The van der Waals surface area contributed by atoms with Crippen molar-refractivity contribution < 1.29 is 39.8 Å². The van der Waals surface area contributed by atoms with Crippen LogP contribution in [0.1, 0.15) is 213 Å². The van der Waals surface area contributed by atoms with Gasteiger partial charge in [0.15, 0.2) is 6.29 Å². The Hall–Kier alpha value is -2.37. The number of aliphatic hydroxyl groups is 5. The lowest BCUT2D eigenvalue weighted by Crippen LogP contribution is -2.60. The van der Waals surface area contributed by atoms with E-state index in [9.17, 15) is 30.3 Å². The molecule has 1 amide bonds. The van der Waals surface area contributed by atoms with Crippen molar-refractivity contribution >= 4 is 5.91 Å². The van der Waals surface area contributed by atoms with E-state index in [1.165, 1.54) is 122 Å². The minimum absolute atomic E-state index is 0.186. The maximum absolute atomic E-state index is 12.8. The molecule has 0 aromatic carbocycles. The first-order valence-corrected chi connectivity index (χ1v) is 26.2. The van der Waals surface area contributed by atoms with Gasteiger partial charge in [-0.05, 0) is 57.8 Å². The van der Waals surface area contributed by atoms with Gasteiger partial charge in [0, 0.05) is 6.42 Å². The molecule has 9 heteroatoms. The van der Waals surface area contributed by atoms with Crippen molar-refractivity contribution in [3.63, 3.8) is 0 Å². The van der Waals surface area contributed by atoms with Crippen molar-refractivity contribution in [3.8, 4) is 0 Å². The van der Waals surface area contributed by atoms with Crippen molar-refractivity contribution in [3.05, 3.63) is 72.9 Å².